The van der Waals surface area contributed by atoms with E-state index in [1.54, 1.807) is 12.1 Å². The van der Waals surface area contributed by atoms with Crippen molar-refractivity contribution >= 4 is 5.91 Å². The molecule has 1 aromatic carbocycles. The van der Waals surface area contributed by atoms with Crippen LogP contribution in [0, 0.1) is 13.8 Å². The number of ether oxygens (including phenoxy) is 3. The van der Waals surface area contributed by atoms with Crippen LogP contribution in [-0.2, 0) is 6.54 Å². The number of rotatable bonds is 6. The van der Waals surface area contributed by atoms with Crippen LogP contribution in [0.2, 0.25) is 0 Å². The van der Waals surface area contributed by atoms with Gasteiger partial charge in [-0.15, -0.1) is 0 Å². The summed E-state index contributed by atoms with van der Waals surface area (Å²) >= 11 is 0. The van der Waals surface area contributed by atoms with Gasteiger partial charge in [-0.25, -0.2) is 0 Å². The number of hydrogen-bond donors (Lipinski definition) is 2. The zero-order valence-electron chi connectivity index (χ0n) is 15.0. The summed E-state index contributed by atoms with van der Waals surface area (Å²) < 4.78 is 15.8. The molecule has 1 aromatic heterocycles. The lowest BCUT2D eigenvalue weighted by Crippen LogP contribution is -2.28. The fourth-order valence-electron chi connectivity index (χ4n) is 2.65. The van der Waals surface area contributed by atoms with Crippen LogP contribution in [0.25, 0.3) is 0 Å². The third-order valence-electron chi connectivity index (χ3n) is 3.87. The van der Waals surface area contributed by atoms with E-state index in [9.17, 15) is 9.59 Å². The van der Waals surface area contributed by atoms with Crippen LogP contribution in [0.1, 0.15) is 27.2 Å². The highest BCUT2D eigenvalue weighted by Crippen LogP contribution is 2.37. The molecular weight excluding hydrogens is 324 g/mol. The Hall–Kier alpha value is -2.96. The summed E-state index contributed by atoms with van der Waals surface area (Å²) in [6.07, 6.45) is 0. The molecule has 25 heavy (non-hydrogen) atoms. The summed E-state index contributed by atoms with van der Waals surface area (Å²) in [5, 5.41) is 2.74. The van der Waals surface area contributed by atoms with Gasteiger partial charge in [-0.2, -0.15) is 0 Å². The Kier molecular flexibility index (Phi) is 5.69. The molecule has 2 aromatic rings. The normalized spacial score (nSPS) is 10.3. The first-order chi connectivity index (χ1) is 11.9. The van der Waals surface area contributed by atoms with Crippen molar-refractivity contribution in [3.05, 3.63) is 50.9 Å². The quantitative estimate of drug-likeness (QED) is 0.834. The van der Waals surface area contributed by atoms with E-state index in [0.717, 1.165) is 11.3 Å². The number of pyridine rings is 1. The number of benzene rings is 1. The molecule has 1 heterocycles. The molecule has 0 saturated carbocycles. The van der Waals surface area contributed by atoms with Gasteiger partial charge < -0.3 is 24.5 Å². The predicted molar refractivity (Wildman–Crippen MR) is 93.8 cm³/mol. The molecule has 0 bridgehead atoms. The van der Waals surface area contributed by atoms with Crippen molar-refractivity contribution in [2.75, 3.05) is 21.3 Å². The molecule has 0 fully saturated rings. The second kappa shape index (κ2) is 7.74. The minimum atomic E-state index is -0.424. The number of methoxy groups -OCH3 is 3. The average Bonchev–Trinajstić information content (AvgIpc) is 2.58. The van der Waals surface area contributed by atoms with E-state index in [1.807, 2.05) is 19.9 Å². The largest absolute Gasteiger partial charge is 0.496 e. The Bertz CT molecular complexity index is 842. The zero-order chi connectivity index (χ0) is 18.6. The lowest BCUT2D eigenvalue weighted by Gasteiger charge is -2.16. The van der Waals surface area contributed by atoms with Gasteiger partial charge in [0.2, 0.25) is 0 Å². The summed E-state index contributed by atoms with van der Waals surface area (Å²) in [4.78, 5) is 27.5. The highest BCUT2D eigenvalue weighted by Gasteiger charge is 2.22. The maximum Gasteiger partial charge on any atom is 0.259 e. The zero-order valence-corrected chi connectivity index (χ0v) is 15.0. The van der Waals surface area contributed by atoms with Crippen molar-refractivity contribution in [1.29, 1.82) is 0 Å². The molecule has 7 nitrogen and oxygen atoms in total. The molecule has 1 amide bonds. The lowest BCUT2D eigenvalue weighted by molar-refractivity contribution is 0.0943. The number of carbonyl (C=O) groups excluding carboxylic acids is 1. The Morgan fingerprint density at radius 1 is 1.08 bits per heavy atom. The smallest absolute Gasteiger partial charge is 0.259 e. The third-order valence-corrected chi connectivity index (χ3v) is 3.87. The minimum absolute atomic E-state index is 0.0871. The summed E-state index contributed by atoms with van der Waals surface area (Å²) in [5.74, 6) is 0.614. The van der Waals surface area contributed by atoms with Crippen molar-refractivity contribution in [1.82, 2.24) is 10.3 Å². The molecule has 0 atom stereocenters. The van der Waals surface area contributed by atoms with Crippen LogP contribution in [-0.4, -0.2) is 32.2 Å². The van der Waals surface area contributed by atoms with Gasteiger partial charge in [-0.1, -0.05) is 0 Å². The number of carbonyl (C=O) groups is 1. The first-order valence-electron chi connectivity index (χ1n) is 7.69. The SMILES string of the molecule is COc1ccc(OC)c(C(=O)NCc2c(C)cc(C)[nH]c2=O)c1OC. The fourth-order valence-corrected chi connectivity index (χ4v) is 2.65. The van der Waals surface area contributed by atoms with Crippen molar-refractivity contribution < 1.29 is 19.0 Å². The van der Waals surface area contributed by atoms with E-state index in [1.165, 1.54) is 21.3 Å². The molecule has 7 heteroatoms. The van der Waals surface area contributed by atoms with Crippen LogP contribution in [0.3, 0.4) is 0 Å². The van der Waals surface area contributed by atoms with Gasteiger partial charge in [0.1, 0.15) is 11.3 Å². The lowest BCUT2D eigenvalue weighted by atomic mass is 10.1. The average molecular weight is 346 g/mol. The van der Waals surface area contributed by atoms with Gasteiger partial charge >= 0.3 is 0 Å². The van der Waals surface area contributed by atoms with Gasteiger partial charge in [0.15, 0.2) is 11.5 Å². The van der Waals surface area contributed by atoms with Crippen molar-refractivity contribution in [2.24, 2.45) is 0 Å². The molecule has 0 saturated heterocycles. The number of aromatic nitrogens is 1. The van der Waals surface area contributed by atoms with Crippen LogP contribution in [0.4, 0.5) is 0 Å². The molecule has 0 spiro atoms. The van der Waals surface area contributed by atoms with Gasteiger partial charge in [-0.05, 0) is 37.6 Å². The summed E-state index contributed by atoms with van der Waals surface area (Å²) in [5.41, 5.74) is 2.08. The Labute approximate surface area is 145 Å². The third kappa shape index (κ3) is 3.76. The van der Waals surface area contributed by atoms with Crippen LogP contribution in [0.15, 0.2) is 23.0 Å². The monoisotopic (exact) mass is 346 g/mol. The van der Waals surface area contributed by atoms with E-state index in [2.05, 4.69) is 10.3 Å². The van der Waals surface area contributed by atoms with E-state index in [0.29, 0.717) is 17.1 Å². The van der Waals surface area contributed by atoms with Crippen LogP contribution >= 0.6 is 0 Å². The number of H-pyrrole nitrogens is 1. The molecule has 0 radical (unpaired) electrons. The molecule has 134 valence electrons. The second-order valence-electron chi connectivity index (χ2n) is 5.50. The molecule has 2 N–H and O–H groups in total. The first kappa shape index (κ1) is 18.4. The Morgan fingerprint density at radius 2 is 1.72 bits per heavy atom. The van der Waals surface area contributed by atoms with Crippen molar-refractivity contribution in [3.63, 3.8) is 0 Å². The second-order valence-corrected chi connectivity index (χ2v) is 5.50. The van der Waals surface area contributed by atoms with Crippen LogP contribution in [0.5, 0.6) is 17.2 Å². The Morgan fingerprint density at radius 3 is 2.28 bits per heavy atom. The van der Waals surface area contributed by atoms with Gasteiger partial charge in [0.25, 0.3) is 11.5 Å². The topological polar surface area (TPSA) is 89.7 Å². The number of aryl methyl sites for hydroxylation is 2. The number of hydrogen-bond acceptors (Lipinski definition) is 5. The first-order valence-corrected chi connectivity index (χ1v) is 7.69. The molecular formula is C18H22N2O5. The van der Waals surface area contributed by atoms with Crippen LogP contribution < -0.4 is 25.1 Å². The highest BCUT2D eigenvalue weighted by atomic mass is 16.5. The number of amides is 1. The summed E-state index contributed by atoms with van der Waals surface area (Å²) in [6.45, 7) is 3.73. The summed E-state index contributed by atoms with van der Waals surface area (Å²) in [7, 11) is 4.40. The molecule has 0 aliphatic carbocycles. The van der Waals surface area contributed by atoms with Gasteiger partial charge in [0, 0.05) is 17.8 Å². The maximum absolute atomic E-state index is 12.7. The molecule has 0 aliphatic rings. The van der Waals surface area contributed by atoms with Crippen molar-refractivity contribution in [2.45, 2.75) is 20.4 Å². The Balaban J connectivity index is 2.34. The van der Waals surface area contributed by atoms with Crippen molar-refractivity contribution in [3.8, 4) is 17.2 Å². The summed E-state index contributed by atoms with van der Waals surface area (Å²) in [6, 6.07) is 5.14. The van der Waals surface area contributed by atoms with E-state index >= 15 is 0 Å². The highest BCUT2D eigenvalue weighted by molar-refractivity contribution is 6.00. The predicted octanol–water partition coefficient (Wildman–Crippen LogP) is 1.95. The maximum atomic E-state index is 12.7. The molecule has 0 aliphatic heterocycles. The minimum Gasteiger partial charge on any atom is -0.496 e. The molecule has 2 rings (SSSR count). The fraction of sp³-hybridized carbons (Fsp3) is 0.333. The number of aromatic amines is 1. The van der Waals surface area contributed by atoms with E-state index in [-0.39, 0.29) is 23.4 Å². The van der Waals surface area contributed by atoms with Gasteiger partial charge in [-0.3, -0.25) is 9.59 Å². The molecule has 0 unspecified atom stereocenters. The van der Waals surface area contributed by atoms with Gasteiger partial charge in [0.05, 0.1) is 21.3 Å². The van der Waals surface area contributed by atoms with E-state index in [4.69, 9.17) is 14.2 Å². The standard InChI is InChI=1S/C18H22N2O5/c1-10-8-11(2)20-17(21)12(10)9-19-18(22)15-13(23-3)6-7-14(24-4)16(15)25-5/h6-8H,9H2,1-5H3,(H,19,22)(H,20,21). The number of nitrogens with one attached hydrogen (secondary N) is 2. The van der Waals surface area contributed by atoms with E-state index < -0.39 is 5.91 Å².